The number of carbonyl (C=O) groups excluding carboxylic acids is 2. The fourth-order valence-electron chi connectivity index (χ4n) is 5.35. The molecule has 1 aliphatic heterocycles. The molecule has 0 aromatic heterocycles. The Balaban J connectivity index is 1.28. The van der Waals surface area contributed by atoms with Crippen molar-refractivity contribution in [1.82, 2.24) is 5.32 Å². The molecule has 11 heteroatoms. The van der Waals surface area contributed by atoms with Gasteiger partial charge < -0.3 is 10.1 Å². The van der Waals surface area contributed by atoms with Gasteiger partial charge in [0.25, 0.3) is 10.0 Å². The van der Waals surface area contributed by atoms with E-state index in [2.05, 4.69) is 10.1 Å². The maximum atomic E-state index is 13.9. The van der Waals surface area contributed by atoms with Crippen molar-refractivity contribution in [1.29, 1.82) is 0 Å². The van der Waals surface area contributed by atoms with Crippen LogP contribution in [0, 0.1) is 0 Å². The molecule has 5 rings (SSSR count). The van der Waals surface area contributed by atoms with Crippen molar-refractivity contribution in [2.24, 2.45) is 0 Å². The first-order valence-electron chi connectivity index (χ1n) is 14.3. The fourth-order valence-corrected chi connectivity index (χ4v) is 7.00. The number of amides is 1. The number of nitrogens with zero attached hydrogens (tertiary/aromatic N) is 1. The van der Waals surface area contributed by atoms with Gasteiger partial charge in [0, 0.05) is 13.0 Å². The molecule has 0 saturated carbocycles. The fraction of sp³-hybridized carbons (Fsp3) is 0.235. The zero-order chi connectivity index (χ0) is 32.2. The molecule has 7 nitrogen and oxygen atoms in total. The van der Waals surface area contributed by atoms with E-state index in [9.17, 15) is 31.2 Å². The summed E-state index contributed by atoms with van der Waals surface area (Å²) in [5.41, 5.74) is 2.92. The average Bonchev–Trinajstić information content (AvgIpc) is 3.44. The smallest absolute Gasteiger partial charge is 0.416 e. The number of sulfonamides is 1. The summed E-state index contributed by atoms with van der Waals surface area (Å²) in [5, 5.41) is 2.88. The first-order valence-corrected chi connectivity index (χ1v) is 15.7. The summed E-state index contributed by atoms with van der Waals surface area (Å²) in [4.78, 5) is 24.8. The minimum atomic E-state index is -4.50. The van der Waals surface area contributed by atoms with Gasteiger partial charge in [-0.15, -0.1) is 0 Å². The van der Waals surface area contributed by atoms with E-state index in [0.29, 0.717) is 41.8 Å². The zero-order valence-electron chi connectivity index (χ0n) is 24.4. The number of fused-ring (bicyclic) bond motifs is 1. The second kappa shape index (κ2) is 13.2. The van der Waals surface area contributed by atoms with Crippen molar-refractivity contribution < 1.29 is 35.9 Å². The van der Waals surface area contributed by atoms with Gasteiger partial charge in [-0.25, -0.2) is 8.42 Å². The third kappa shape index (κ3) is 7.20. The Labute approximate surface area is 259 Å². The first kappa shape index (κ1) is 31.8. The minimum absolute atomic E-state index is 0.0802. The van der Waals surface area contributed by atoms with Crippen LogP contribution in [0.15, 0.2) is 102 Å². The highest BCUT2D eigenvalue weighted by Crippen LogP contribution is 2.38. The van der Waals surface area contributed by atoms with Crippen LogP contribution in [0.4, 0.5) is 18.9 Å². The molecule has 1 aliphatic rings. The van der Waals surface area contributed by atoms with Gasteiger partial charge in [0.1, 0.15) is 6.04 Å². The van der Waals surface area contributed by atoms with Crippen molar-refractivity contribution in [3.63, 3.8) is 0 Å². The van der Waals surface area contributed by atoms with Crippen LogP contribution in [-0.4, -0.2) is 40.0 Å². The Morgan fingerprint density at radius 1 is 0.889 bits per heavy atom. The van der Waals surface area contributed by atoms with Gasteiger partial charge in [-0.2, -0.15) is 13.2 Å². The summed E-state index contributed by atoms with van der Waals surface area (Å²) in [6.07, 6.45) is -2.83. The highest BCUT2D eigenvalue weighted by molar-refractivity contribution is 7.93. The van der Waals surface area contributed by atoms with E-state index in [0.717, 1.165) is 27.6 Å². The number of esters is 1. The summed E-state index contributed by atoms with van der Waals surface area (Å²) in [6, 6.07) is 23.9. The summed E-state index contributed by atoms with van der Waals surface area (Å²) < 4.78 is 73.3. The van der Waals surface area contributed by atoms with Crippen LogP contribution in [0.2, 0.25) is 0 Å². The van der Waals surface area contributed by atoms with E-state index in [1.807, 2.05) is 24.3 Å². The lowest BCUT2D eigenvalue weighted by Crippen LogP contribution is -2.48. The normalized spacial score (nSPS) is 14.6. The Hall–Kier alpha value is -4.64. The molecule has 0 radical (unpaired) electrons. The number of anilines is 1. The molecule has 1 heterocycles. The number of rotatable bonds is 10. The molecular weight excluding hydrogens is 605 g/mol. The largest absolute Gasteiger partial charge is 0.469 e. The van der Waals surface area contributed by atoms with Crippen molar-refractivity contribution in [2.45, 2.75) is 42.8 Å². The highest BCUT2D eigenvalue weighted by atomic mass is 32.2. The SMILES string of the molecule is COC(=O)Cc1ccc(CCCNC(=O)[C@@H]2Cc3ccccc3N2S(=O)(=O)c2ccc(-c3cccc(C(F)(F)F)c3)cc2)cc1. The number of halogens is 3. The average molecular weight is 637 g/mol. The maximum Gasteiger partial charge on any atom is 0.416 e. The van der Waals surface area contributed by atoms with Crippen LogP contribution in [0.25, 0.3) is 11.1 Å². The lowest BCUT2D eigenvalue weighted by molar-refractivity contribution is -0.140. The Bertz CT molecular complexity index is 1790. The van der Waals surface area contributed by atoms with Gasteiger partial charge in [-0.1, -0.05) is 66.7 Å². The molecule has 1 N–H and O–H groups in total. The Kier molecular flexibility index (Phi) is 9.29. The van der Waals surface area contributed by atoms with E-state index in [4.69, 9.17) is 0 Å². The molecule has 1 amide bonds. The number of alkyl halides is 3. The molecule has 0 bridgehead atoms. The molecular formula is C34H31F3N2O5S. The monoisotopic (exact) mass is 636 g/mol. The van der Waals surface area contributed by atoms with Gasteiger partial charge in [-0.3, -0.25) is 13.9 Å². The number of hydrogen-bond acceptors (Lipinski definition) is 5. The van der Waals surface area contributed by atoms with E-state index >= 15 is 0 Å². The van der Waals surface area contributed by atoms with Gasteiger partial charge >= 0.3 is 12.1 Å². The molecule has 1 atom stereocenters. The number of benzene rings is 4. The van der Waals surface area contributed by atoms with Gasteiger partial charge in [0.15, 0.2) is 0 Å². The number of para-hydroxylation sites is 1. The molecule has 0 spiro atoms. The lowest BCUT2D eigenvalue weighted by atomic mass is 10.0. The third-order valence-electron chi connectivity index (χ3n) is 7.70. The second-order valence-electron chi connectivity index (χ2n) is 10.7. The van der Waals surface area contributed by atoms with Gasteiger partial charge in [-0.05, 0) is 71.0 Å². The van der Waals surface area contributed by atoms with Crippen LogP contribution >= 0.6 is 0 Å². The Morgan fingerprint density at radius 3 is 2.27 bits per heavy atom. The lowest BCUT2D eigenvalue weighted by Gasteiger charge is -2.26. The molecule has 4 aromatic carbocycles. The molecule has 45 heavy (non-hydrogen) atoms. The summed E-state index contributed by atoms with van der Waals surface area (Å²) in [5.74, 6) is -0.744. The van der Waals surface area contributed by atoms with Crippen LogP contribution in [0.3, 0.4) is 0 Å². The van der Waals surface area contributed by atoms with Crippen molar-refractivity contribution in [3.05, 3.63) is 119 Å². The molecule has 0 aliphatic carbocycles. The standard InChI is InChI=1S/C34H31F3N2O5S/c1-44-32(40)20-24-13-11-23(12-14-24)6-5-19-38-33(41)31-22-27-7-2-3-10-30(27)39(31)45(42,43)29-17-15-25(16-18-29)26-8-4-9-28(21-26)34(35,36)37/h2-4,7-18,21,31H,5-6,19-20,22H2,1H3,(H,38,41)/t31-/m0/s1. The third-order valence-corrected chi connectivity index (χ3v) is 9.54. The maximum absolute atomic E-state index is 13.9. The van der Waals surface area contributed by atoms with E-state index in [-0.39, 0.29) is 23.7 Å². The van der Waals surface area contributed by atoms with Crippen molar-refractivity contribution >= 4 is 27.6 Å². The molecule has 4 aromatic rings. The van der Waals surface area contributed by atoms with Crippen molar-refractivity contribution in [3.8, 4) is 11.1 Å². The summed E-state index contributed by atoms with van der Waals surface area (Å²) in [7, 11) is -2.86. The second-order valence-corrected chi connectivity index (χ2v) is 12.5. The zero-order valence-corrected chi connectivity index (χ0v) is 25.2. The van der Waals surface area contributed by atoms with E-state index < -0.39 is 33.7 Å². The number of carbonyl (C=O) groups is 2. The van der Waals surface area contributed by atoms with Crippen LogP contribution in [0.5, 0.6) is 0 Å². The summed E-state index contributed by atoms with van der Waals surface area (Å²) >= 11 is 0. The number of hydrogen-bond donors (Lipinski definition) is 1. The quantitative estimate of drug-likeness (QED) is 0.171. The number of methoxy groups -OCH3 is 1. The van der Waals surface area contributed by atoms with Crippen LogP contribution < -0.4 is 9.62 Å². The molecule has 0 saturated heterocycles. The molecule has 0 fully saturated rings. The van der Waals surface area contributed by atoms with E-state index in [1.165, 1.54) is 43.5 Å². The molecule has 0 unspecified atom stereocenters. The van der Waals surface area contributed by atoms with Crippen molar-refractivity contribution in [2.75, 3.05) is 18.0 Å². The van der Waals surface area contributed by atoms with Gasteiger partial charge in [0.05, 0.1) is 29.7 Å². The minimum Gasteiger partial charge on any atom is -0.469 e. The summed E-state index contributed by atoms with van der Waals surface area (Å²) in [6.45, 7) is 0.329. The highest BCUT2D eigenvalue weighted by Gasteiger charge is 2.42. The Morgan fingerprint density at radius 2 is 1.58 bits per heavy atom. The van der Waals surface area contributed by atoms with Gasteiger partial charge in [0.2, 0.25) is 5.91 Å². The number of nitrogens with one attached hydrogen (secondary N) is 1. The number of ether oxygens (including phenoxy) is 1. The topological polar surface area (TPSA) is 92.8 Å². The van der Waals surface area contributed by atoms with E-state index in [1.54, 1.807) is 24.3 Å². The first-order chi connectivity index (χ1) is 21.5. The number of aryl methyl sites for hydroxylation is 1. The van der Waals surface area contributed by atoms with Crippen LogP contribution in [-0.2, 0) is 49.8 Å². The predicted octanol–water partition coefficient (Wildman–Crippen LogP) is 5.96. The predicted molar refractivity (Wildman–Crippen MR) is 164 cm³/mol. The molecule has 234 valence electrons. The van der Waals surface area contributed by atoms with Crippen LogP contribution in [0.1, 0.15) is 28.7 Å².